The van der Waals surface area contributed by atoms with Gasteiger partial charge in [-0.15, -0.1) is 0 Å². The van der Waals surface area contributed by atoms with E-state index in [2.05, 4.69) is 16.8 Å². The SMILES string of the molecule is CC1CCN(c2cc(C(=N)N)ccn2)CC1. The molecule has 1 aromatic rings. The van der Waals surface area contributed by atoms with Gasteiger partial charge in [0.15, 0.2) is 0 Å². The van der Waals surface area contributed by atoms with Crippen LogP contribution in [-0.2, 0) is 0 Å². The number of rotatable bonds is 2. The molecule has 0 aliphatic carbocycles. The van der Waals surface area contributed by atoms with Crippen molar-refractivity contribution >= 4 is 11.7 Å². The summed E-state index contributed by atoms with van der Waals surface area (Å²) in [5.74, 6) is 1.86. The minimum Gasteiger partial charge on any atom is -0.384 e. The van der Waals surface area contributed by atoms with Crippen molar-refractivity contribution < 1.29 is 0 Å². The van der Waals surface area contributed by atoms with Crippen molar-refractivity contribution in [1.29, 1.82) is 5.41 Å². The second-order valence-electron chi connectivity index (χ2n) is 4.49. The second-order valence-corrected chi connectivity index (χ2v) is 4.49. The molecule has 2 heterocycles. The molecule has 0 bridgehead atoms. The van der Waals surface area contributed by atoms with Crippen molar-refractivity contribution in [3.8, 4) is 0 Å². The Morgan fingerprint density at radius 3 is 2.81 bits per heavy atom. The molecule has 86 valence electrons. The van der Waals surface area contributed by atoms with Crippen LogP contribution in [0.5, 0.6) is 0 Å². The van der Waals surface area contributed by atoms with Gasteiger partial charge < -0.3 is 10.6 Å². The monoisotopic (exact) mass is 218 g/mol. The van der Waals surface area contributed by atoms with Crippen LogP contribution in [-0.4, -0.2) is 23.9 Å². The number of nitrogen functional groups attached to an aromatic ring is 1. The van der Waals surface area contributed by atoms with Crippen LogP contribution in [0.15, 0.2) is 18.3 Å². The summed E-state index contributed by atoms with van der Waals surface area (Å²) in [6.45, 7) is 4.39. The topological polar surface area (TPSA) is 66.0 Å². The van der Waals surface area contributed by atoms with Crippen molar-refractivity contribution in [2.75, 3.05) is 18.0 Å². The van der Waals surface area contributed by atoms with Gasteiger partial charge in [-0.3, -0.25) is 5.41 Å². The van der Waals surface area contributed by atoms with Gasteiger partial charge >= 0.3 is 0 Å². The lowest BCUT2D eigenvalue weighted by atomic mass is 9.99. The van der Waals surface area contributed by atoms with E-state index in [4.69, 9.17) is 11.1 Å². The molecule has 0 unspecified atom stereocenters. The number of anilines is 1. The molecule has 2 rings (SSSR count). The average Bonchev–Trinajstić information content (AvgIpc) is 2.30. The van der Waals surface area contributed by atoms with Gasteiger partial charge in [-0.05, 0) is 30.9 Å². The number of hydrogen-bond acceptors (Lipinski definition) is 3. The molecule has 4 nitrogen and oxygen atoms in total. The molecule has 4 heteroatoms. The number of nitrogens with two attached hydrogens (primary N) is 1. The molecule has 1 aliphatic rings. The first-order valence-electron chi connectivity index (χ1n) is 5.72. The molecule has 0 radical (unpaired) electrons. The zero-order valence-electron chi connectivity index (χ0n) is 9.61. The highest BCUT2D eigenvalue weighted by atomic mass is 15.2. The summed E-state index contributed by atoms with van der Waals surface area (Å²) in [5, 5.41) is 7.41. The molecule has 0 spiro atoms. The van der Waals surface area contributed by atoms with E-state index in [9.17, 15) is 0 Å². The summed E-state index contributed by atoms with van der Waals surface area (Å²) in [7, 11) is 0. The fourth-order valence-corrected chi connectivity index (χ4v) is 2.00. The number of nitrogens with zero attached hydrogens (tertiary/aromatic N) is 2. The predicted octanol–water partition coefficient (Wildman–Crippen LogP) is 1.60. The molecule has 0 aromatic carbocycles. The number of nitrogens with one attached hydrogen (secondary N) is 1. The summed E-state index contributed by atoms with van der Waals surface area (Å²) in [6.07, 6.45) is 4.15. The fraction of sp³-hybridized carbons (Fsp3) is 0.500. The van der Waals surface area contributed by atoms with E-state index in [1.165, 1.54) is 12.8 Å². The lowest BCUT2D eigenvalue weighted by Crippen LogP contribution is -2.33. The average molecular weight is 218 g/mol. The van der Waals surface area contributed by atoms with Gasteiger partial charge in [-0.25, -0.2) is 4.98 Å². The van der Waals surface area contributed by atoms with Crippen LogP contribution in [0, 0.1) is 11.3 Å². The van der Waals surface area contributed by atoms with E-state index in [1.807, 2.05) is 6.07 Å². The molecule has 0 atom stereocenters. The zero-order valence-corrected chi connectivity index (χ0v) is 9.61. The Balaban J connectivity index is 2.14. The Labute approximate surface area is 96.0 Å². The predicted molar refractivity (Wildman–Crippen MR) is 65.9 cm³/mol. The minimum atomic E-state index is 0.106. The molecule has 0 amide bonds. The second kappa shape index (κ2) is 4.51. The van der Waals surface area contributed by atoms with Gasteiger partial charge in [0.05, 0.1) is 0 Å². The van der Waals surface area contributed by atoms with Crippen LogP contribution >= 0.6 is 0 Å². The summed E-state index contributed by atoms with van der Waals surface area (Å²) < 4.78 is 0. The first-order chi connectivity index (χ1) is 7.66. The molecule has 1 aliphatic heterocycles. The lowest BCUT2D eigenvalue weighted by molar-refractivity contribution is 0.436. The summed E-state index contributed by atoms with van der Waals surface area (Å²) in [5.41, 5.74) is 6.22. The Hall–Kier alpha value is -1.58. The number of piperidine rings is 1. The molecule has 0 saturated carbocycles. The third kappa shape index (κ3) is 2.32. The van der Waals surface area contributed by atoms with Gasteiger partial charge in [0, 0.05) is 24.8 Å². The zero-order chi connectivity index (χ0) is 11.5. The normalized spacial score (nSPS) is 17.4. The number of amidine groups is 1. The first kappa shape index (κ1) is 10.9. The van der Waals surface area contributed by atoms with Gasteiger partial charge in [0.1, 0.15) is 11.7 Å². The van der Waals surface area contributed by atoms with Gasteiger partial charge in [-0.2, -0.15) is 0 Å². The van der Waals surface area contributed by atoms with Gasteiger partial charge in [-0.1, -0.05) is 6.92 Å². The van der Waals surface area contributed by atoms with Crippen molar-refractivity contribution in [1.82, 2.24) is 4.98 Å². The van der Waals surface area contributed by atoms with Gasteiger partial charge in [0.25, 0.3) is 0 Å². The van der Waals surface area contributed by atoms with Crippen LogP contribution in [0.25, 0.3) is 0 Å². The van der Waals surface area contributed by atoms with Crippen LogP contribution < -0.4 is 10.6 Å². The fourth-order valence-electron chi connectivity index (χ4n) is 2.00. The van der Waals surface area contributed by atoms with E-state index < -0.39 is 0 Å². The Bertz CT molecular complexity index is 380. The van der Waals surface area contributed by atoms with E-state index in [-0.39, 0.29) is 5.84 Å². The third-order valence-corrected chi connectivity index (χ3v) is 3.16. The van der Waals surface area contributed by atoms with Crippen LogP contribution in [0.2, 0.25) is 0 Å². The largest absolute Gasteiger partial charge is 0.384 e. The van der Waals surface area contributed by atoms with Crippen LogP contribution in [0.4, 0.5) is 5.82 Å². The smallest absolute Gasteiger partial charge is 0.129 e. The van der Waals surface area contributed by atoms with Crippen molar-refractivity contribution in [3.63, 3.8) is 0 Å². The van der Waals surface area contributed by atoms with Crippen molar-refractivity contribution in [3.05, 3.63) is 23.9 Å². The Morgan fingerprint density at radius 2 is 2.19 bits per heavy atom. The minimum absolute atomic E-state index is 0.106. The standard InChI is InChI=1S/C12H18N4/c1-9-3-6-16(7-4-9)11-8-10(12(13)14)2-5-15-11/h2,5,8-9H,3-4,6-7H2,1H3,(H3,13,14). The first-order valence-corrected chi connectivity index (χ1v) is 5.72. The van der Waals surface area contributed by atoms with Crippen LogP contribution in [0.1, 0.15) is 25.3 Å². The van der Waals surface area contributed by atoms with Gasteiger partial charge in [0.2, 0.25) is 0 Å². The molecule has 1 fully saturated rings. The lowest BCUT2D eigenvalue weighted by Gasteiger charge is -2.31. The van der Waals surface area contributed by atoms with E-state index in [0.717, 1.165) is 30.4 Å². The third-order valence-electron chi connectivity index (χ3n) is 3.16. The molecule has 1 aromatic heterocycles. The highest BCUT2D eigenvalue weighted by Gasteiger charge is 2.17. The summed E-state index contributed by atoms with van der Waals surface area (Å²) in [4.78, 5) is 6.61. The molecule has 16 heavy (non-hydrogen) atoms. The molecule has 3 N–H and O–H groups in total. The summed E-state index contributed by atoms with van der Waals surface area (Å²) >= 11 is 0. The number of hydrogen-bond donors (Lipinski definition) is 2. The number of pyridine rings is 1. The quantitative estimate of drug-likeness (QED) is 0.585. The molecule has 1 saturated heterocycles. The highest BCUT2D eigenvalue weighted by Crippen LogP contribution is 2.21. The van der Waals surface area contributed by atoms with Crippen molar-refractivity contribution in [2.24, 2.45) is 11.7 Å². The maximum absolute atomic E-state index is 7.41. The van der Waals surface area contributed by atoms with E-state index in [0.29, 0.717) is 0 Å². The highest BCUT2D eigenvalue weighted by molar-refractivity contribution is 5.95. The Morgan fingerprint density at radius 1 is 1.50 bits per heavy atom. The van der Waals surface area contributed by atoms with E-state index in [1.54, 1.807) is 12.3 Å². The Kier molecular flexibility index (Phi) is 3.08. The maximum Gasteiger partial charge on any atom is 0.129 e. The number of aromatic nitrogens is 1. The molecular weight excluding hydrogens is 200 g/mol. The van der Waals surface area contributed by atoms with Crippen LogP contribution in [0.3, 0.4) is 0 Å². The van der Waals surface area contributed by atoms with Crippen molar-refractivity contribution in [2.45, 2.75) is 19.8 Å². The maximum atomic E-state index is 7.41. The molecular formula is C12H18N4. The summed E-state index contributed by atoms with van der Waals surface area (Å²) in [6, 6.07) is 3.68. The van der Waals surface area contributed by atoms with E-state index >= 15 is 0 Å².